The molecule has 0 unspecified atom stereocenters. The monoisotopic (exact) mass is 495 g/mol. The molecular weight excluding hydrogens is 475 g/mol. The number of thiazole rings is 1. The maximum absolute atomic E-state index is 13.0. The molecular formula is C23H21ClF3N3O2S. The molecule has 1 fully saturated rings. The normalized spacial score (nSPS) is 14.9. The largest absolute Gasteiger partial charge is 0.417 e. The van der Waals surface area contributed by atoms with Gasteiger partial charge in [0.05, 0.1) is 35.9 Å². The first kappa shape index (κ1) is 23.7. The second-order valence-electron chi connectivity index (χ2n) is 7.65. The number of halogens is 4. The zero-order valence-electron chi connectivity index (χ0n) is 17.5. The van der Waals surface area contributed by atoms with Crippen LogP contribution in [-0.4, -0.2) is 42.1 Å². The predicted molar refractivity (Wildman–Crippen MR) is 122 cm³/mol. The van der Waals surface area contributed by atoms with Crippen LogP contribution in [0, 0.1) is 0 Å². The Morgan fingerprint density at radius 3 is 2.58 bits per heavy atom. The zero-order chi connectivity index (χ0) is 23.4. The molecule has 0 bridgehead atoms. The molecule has 2 aromatic carbocycles. The summed E-state index contributed by atoms with van der Waals surface area (Å²) < 4.78 is 44.4. The van der Waals surface area contributed by atoms with Crippen LogP contribution in [0.2, 0.25) is 5.02 Å². The highest BCUT2D eigenvalue weighted by Gasteiger charge is 2.33. The molecule has 1 aliphatic rings. The zero-order valence-corrected chi connectivity index (χ0v) is 19.1. The van der Waals surface area contributed by atoms with Crippen LogP contribution in [0.25, 0.3) is 10.6 Å². The van der Waals surface area contributed by atoms with E-state index in [1.165, 1.54) is 23.0 Å². The Hall–Kier alpha value is -2.46. The molecule has 4 rings (SSSR count). The van der Waals surface area contributed by atoms with Crippen LogP contribution < -0.4 is 5.32 Å². The van der Waals surface area contributed by atoms with Crippen molar-refractivity contribution >= 4 is 34.5 Å². The Kier molecular flexibility index (Phi) is 7.33. The number of hydrogen-bond donors (Lipinski definition) is 1. The number of ether oxygens (including phenoxy) is 1. The van der Waals surface area contributed by atoms with E-state index in [0.29, 0.717) is 5.69 Å². The lowest BCUT2D eigenvalue weighted by atomic mass is 10.1. The van der Waals surface area contributed by atoms with Crippen LogP contribution in [0.3, 0.4) is 0 Å². The summed E-state index contributed by atoms with van der Waals surface area (Å²) in [7, 11) is 0. The molecule has 5 nitrogen and oxygen atoms in total. The summed E-state index contributed by atoms with van der Waals surface area (Å²) in [5.74, 6) is -0.455. The van der Waals surface area contributed by atoms with Crippen LogP contribution in [0.15, 0.2) is 47.8 Å². The summed E-state index contributed by atoms with van der Waals surface area (Å²) >= 11 is 7.03. The highest BCUT2D eigenvalue weighted by molar-refractivity contribution is 7.13. The Morgan fingerprint density at radius 1 is 1.15 bits per heavy atom. The molecule has 1 N–H and O–H groups in total. The standard InChI is InChI=1S/C23H21ClF3N3O2S/c24-20-6-5-17(11-19(20)23(25,26)27)28-21(31)12-18-14-33-22(29-18)16-3-1-15(2-4-16)13-30-7-9-32-10-8-30/h1-6,11,14H,7-10,12-13H2,(H,28,31). The van der Waals surface area contributed by atoms with Crippen LogP contribution >= 0.6 is 22.9 Å². The van der Waals surface area contributed by atoms with Gasteiger partial charge in [0, 0.05) is 36.3 Å². The number of carbonyl (C=O) groups is 1. The molecule has 0 aliphatic carbocycles. The number of benzene rings is 2. The van der Waals surface area contributed by atoms with Crippen molar-refractivity contribution in [3.8, 4) is 10.6 Å². The molecule has 1 aromatic heterocycles. The van der Waals surface area contributed by atoms with Crippen molar-refractivity contribution in [3.05, 3.63) is 69.7 Å². The van der Waals surface area contributed by atoms with Gasteiger partial charge in [0.1, 0.15) is 5.01 Å². The molecule has 33 heavy (non-hydrogen) atoms. The number of carbonyl (C=O) groups excluding carboxylic acids is 1. The predicted octanol–water partition coefficient (Wildman–Crippen LogP) is 5.50. The van der Waals surface area contributed by atoms with Crippen molar-refractivity contribution in [2.24, 2.45) is 0 Å². The summed E-state index contributed by atoms with van der Waals surface area (Å²) in [6.45, 7) is 4.23. The van der Waals surface area contributed by atoms with E-state index in [4.69, 9.17) is 16.3 Å². The molecule has 1 aliphatic heterocycles. The maximum atomic E-state index is 13.0. The average Bonchev–Trinajstić information content (AvgIpc) is 3.24. The van der Waals surface area contributed by atoms with Gasteiger partial charge in [-0.1, -0.05) is 35.9 Å². The highest BCUT2D eigenvalue weighted by Crippen LogP contribution is 2.36. The van der Waals surface area contributed by atoms with E-state index in [1.54, 1.807) is 5.38 Å². The molecule has 1 amide bonds. The molecule has 0 atom stereocenters. The van der Waals surface area contributed by atoms with Crippen LogP contribution in [-0.2, 0) is 28.7 Å². The number of amides is 1. The fraction of sp³-hybridized carbons (Fsp3) is 0.304. The van der Waals surface area contributed by atoms with Crippen LogP contribution in [0.4, 0.5) is 18.9 Å². The van der Waals surface area contributed by atoms with Crippen LogP contribution in [0.1, 0.15) is 16.8 Å². The van der Waals surface area contributed by atoms with Crippen molar-refractivity contribution in [2.45, 2.75) is 19.1 Å². The minimum absolute atomic E-state index is 0.0306. The first-order valence-electron chi connectivity index (χ1n) is 10.3. The Balaban J connectivity index is 1.36. The van der Waals surface area contributed by atoms with Gasteiger partial charge < -0.3 is 10.1 Å². The third-order valence-electron chi connectivity index (χ3n) is 5.16. The minimum Gasteiger partial charge on any atom is -0.379 e. The Bertz CT molecular complexity index is 1110. The van der Waals surface area contributed by atoms with E-state index in [1.807, 2.05) is 12.1 Å². The lowest BCUT2D eigenvalue weighted by molar-refractivity contribution is -0.137. The van der Waals surface area contributed by atoms with Gasteiger partial charge in [-0.05, 0) is 23.8 Å². The molecule has 3 aromatic rings. The average molecular weight is 496 g/mol. The van der Waals surface area contributed by atoms with E-state index in [-0.39, 0.29) is 12.1 Å². The van der Waals surface area contributed by atoms with Crippen LogP contribution in [0.5, 0.6) is 0 Å². The van der Waals surface area contributed by atoms with E-state index >= 15 is 0 Å². The Morgan fingerprint density at radius 2 is 1.88 bits per heavy atom. The van der Waals surface area contributed by atoms with Gasteiger partial charge in [0.2, 0.25) is 5.91 Å². The molecule has 1 saturated heterocycles. The fourth-order valence-corrected chi connectivity index (χ4v) is 4.53. The van der Waals surface area contributed by atoms with Crippen molar-refractivity contribution in [3.63, 3.8) is 0 Å². The van der Waals surface area contributed by atoms with Crippen molar-refractivity contribution in [2.75, 3.05) is 31.6 Å². The second-order valence-corrected chi connectivity index (χ2v) is 8.91. The van der Waals surface area contributed by atoms with Gasteiger partial charge in [-0.2, -0.15) is 13.2 Å². The smallest absolute Gasteiger partial charge is 0.379 e. The number of anilines is 1. The molecule has 0 radical (unpaired) electrons. The molecule has 10 heteroatoms. The second kappa shape index (κ2) is 10.2. The highest BCUT2D eigenvalue weighted by atomic mass is 35.5. The van der Waals surface area contributed by atoms with Gasteiger partial charge in [0.15, 0.2) is 0 Å². The van der Waals surface area contributed by atoms with Gasteiger partial charge in [-0.25, -0.2) is 4.98 Å². The first-order valence-corrected chi connectivity index (χ1v) is 11.5. The number of nitrogens with zero attached hydrogens (tertiary/aromatic N) is 2. The van der Waals surface area contributed by atoms with Gasteiger partial charge in [0.25, 0.3) is 0 Å². The van der Waals surface area contributed by atoms with Gasteiger partial charge in [-0.3, -0.25) is 9.69 Å². The molecule has 0 saturated carbocycles. The summed E-state index contributed by atoms with van der Waals surface area (Å²) in [4.78, 5) is 19.2. The Labute approximate surface area is 198 Å². The third kappa shape index (κ3) is 6.32. The number of nitrogens with one attached hydrogen (secondary N) is 1. The van der Waals surface area contributed by atoms with E-state index in [9.17, 15) is 18.0 Å². The topological polar surface area (TPSA) is 54.5 Å². The fourth-order valence-electron chi connectivity index (χ4n) is 3.48. The van der Waals surface area contributed by atoms with E-state index < -0.39 is 22.7 Å². The van der Waals surface area contributed by atoms with Crippen molar-refractivity contribution in [1.29, 1.82) is 0 Å². The maximum Gasteiger partial charge on any atom is 0.417 e. The van der Waals surface area contributed by atoms with E-state index in [0.717, 1.165) is 55.6 Å². The lowest BCUT2D eigenvalue weighted by Gasteiger charge is -2.26. The summed E-state index contributed by atoms with van der Waals surface area (Å²) in [6.07, 6.45) is -4.64. The first-order chi connectivity index (χ1) is 15.8. The van der Waals surface area contributed by atoms with E-state index in [2.05, 4.69) is 27.3 Å². The molecule has 0 spiro atoms. The number of aromatic nitrogens is 1. The number of morpholine rings is 1. The number of rotatable bonds is 6. The number of hydrogen-bond acceptors (Lipinski definition) is 5. The summed E-state index contributed by atoms with van der Waals surface area (Å²) in [5, 5.41) is 4.62. The van der Waals surface area contributed by atoms with Gasteiger partial charge in [-0.15, -0.1) is 11.3 Å². The summed E-state index contributed by atoms with van der Waals surface area (Å²) in [6, 6.07) is 11.4. The molecule has 174 valence electrons. The van der Waals surface area contributed by atoms with Crippen molar-refractivity contribution in [1.82, 2.24) is 9.88 Å². The lowest BCUT2D eigenvalue weighted by Crippen LogP contribution is -2.35. The van der Waals surface area contributed by atoms with Gasteiger partial charge >= 0.3 is 6.18 Å². The van der Waals surface area contributed by atoms with Crippen molar-refractivity contribution < 1.29 is 22.7 Å². The summed E-state index contributed by atoms with van der Waals surface area (Å²) in [5.41, 5.74) is 1.75. The number of alkyl halides is 3. The quantitative estimate of drug-likeness (QED) is 0.491. The molecule has 2 heterocycles. The minimum atomic E-state index is -4.60. The SMILES string of the molecule is O=C(Cc1csc(-c2ccc(CN3CCOCC3)cc2)n1)Nc1ccc(Cl)c(C(F)(F)F)c1. The third-order valence-corrected chi connectivity index (χ3v) is 6.43.